The highest BCUT2D eigenvalue weighted by molar-refractivity contribution is 7.99. The summed E-state index contributed by atoms with van der Waals surface area (Å²) in [5, 5.41) is 9.47. The highest BCUT2D eigenvalue weighted by Crippen LogP contribution is 2.38. The number of nitrogens with zero attached hydrogens (tertiary/aromatic N) is 4. The van der Waals surface area contributed by atoms with Crippen molar-refractivity contribution < 1.29 is 26.3 Å². The smallest absolute Gasteiger partial charge is 0.261 e. The van der Waals surface area contributed by atoms with Gasteiger partial charge in [0.15, 0.2) is 0 Å². The molecule has 0 aliphatic heterocycles. The van der Waals surface area contributed by atoms with Gasteiger partial charge in [0, 0.05) is 23.7 Å². The van der Waals surface area contributed by atoms with Gasteiger partial charge in [0.25, 0.3) is 0 Å². The van der Waals surface area contributed by atoms with E-state index in [0.29, 0.717) is 11.1 Å². The van der Waals surface area contributed by atoms with E-state index in [4.69, 9.17) is 11.6 Å². The zero-order valence-corrected chi connectivity index (χ0v) is 17.9. The number of aliphatic imine (C=N–C) groups is 1. The van der Waals surface area contributed by atoms with Crippen LogP contribution in [0.5, 0.6) is 0 Å². The molecule has 0 saturated heterocycles. The average Bonchev–Trinajstić information content (AvgIpc) is 3.09. The fourth-order valence-corrected chi connectivity index (χ4v) is 4.36. The second-order valence-corrected chi connectivity index (χ2v) is 8.32. The number of benzene rings is 1. The van der Waals surface area contributed by atoms with E-state index >= 15 is 0 Å². The Morgan fingerprint density at radius 2 is 1.81 bits per heavy atom. The van der Waals surface area contributed by atoms with Crippen LogP contribution in [0, 0.1) is 11.3 Å². The first-order chi connectivity index (χ1) is 15.0. The van der Waals surface area contributed by atoms with Crippen molar-refractivity contribution in [3.05, 3.63) is 63.1 Å². The van der Waals surface area contributed by atoms with E-state index in [1.54, 1.807) is 0 Å². The monoisotopic (exact) mass is 506 g/mol. The molecule has 0 unspecified atom stereocenters. The van der Waals surface area contributed by atoms with E-state index in [-0.39, 0.29) is 32.7 Å². The lowest BCUT2D eigenvalue weighted by Crippen LogP contribution is -2.05. The van der Waals surface area contributed by atoms with E-state index in [1.165, 1.54) is 18.3 Å². The third kappa shape index (κ3) is 5.79. The molecule has 0 amide bonds. The second-order valence-electron chi connectivity index (χ2n) is 6.07. The molecular weight excluding hydrogens is 498 g/mol. The van der Waals surface area contributed by atoms with E-state index in [0.717, 1.165) is 41.5 Å². The predicted molar refractivity (Wildman–Crippen MR) is 109 cm³/mol. The third-order valence-electron chi connectivity index (χ3n) is 3.86. The molecule has 166 valence electrons. The molecule has 4 nitrogen and oxygen atoms in total. The summed E-state index contributed by atoms with van der Waals surface area (Å²) in [6, 6.07) is 7.16. The molecule has 0 N–H and O–H groups in total. The molecular formula is C19H9ClF6N4S2. The van der Waals surface area contributed by atoms with Crippen molar-refractivity contribution in [2.45, 2.75) is 28.8 Å². The van der Waals surface area contributed by atoms with Gasteiger partial charge in [-0.1, -0.05) is 17.7 Å². The van der Waals surface area contributed by atoms with Gasteiger partial charge in [-0.3, -0.25) is 4.99 Å². The van der Waals surface area contributed by atoms with Gasteiger partial charge in [-0.25, -0.2) is 4.98 Å². The van der Waals surface area contributed by atoms with E-state index < -0.39 is 23.5 Å². The molecule has 3 rings (SSSR count). The molecule has 0 saturated carbocycles. The van der Waals surface area contributed by atoms with Crippen molar-refractivity contribution in [2.75, 3.05) is 0 Å². The average molecular weight is 507 g/mol. The standard InChI is InChI=1S/C19H9ClF6N4S2/c20-14-7-11(19(24,25)26)9-29-17(14)31-16-13(8-27)15(32-30-16)4-5-28-12-3-1-2-10(6-12)18(21,22)23/h1-3,5-7,9H,4H2. The number of aromatic nitrogens is 2. The van der Waals surface area contributed by atoms with Crippen molar-refractivity contribution in [2.24, 2.45) is 4.99 Å². The molecule has 13 heteroatoms. The summed E-state index contributed by atoms with van der Waals surface area (Å²) in [6.45, 7) is 0. The van der Waals surface area contributed by atoms with Gasteiger partial charge < -0.3 is 0 Å². The van der Waals surface area contributed by atoms with Gasteiger partial charge in [-0.15, -0.1) is 0 Å². The fourth-order valence-electron chi connectivity index (χ4n) is 2.37. The minimum Gasteiger partial charge on any atom is -0.261 e. The Balaban J connectivity index is 1.76. The first-order valence-corrected chi connectivity index (χ1v) is 10.4. The second kappa shape index (κ2) is 9.48. The van der Waals surface area contributed by atoms with E-state index in [1.807, 2.05) is 6.07 Å². The summed E-state index contributed by atoms with van der Waals surface area (Å²) in [5.41, 5.74) is -1.58. The number of halogens is 7. The Bertz CT molecular complexity index is 1200. The van der Waals surface area contributed by atoms with Crippen LogP contribution in [0.3, 0.4) is 0 Å². The summed E-state index contributed by atoms with van der Waals surface area (Å²) >= 11 is 7.69. The first-order valence-electron chi connectivity index (χ1n) is 8.48. The van der Waals surface area contributed by atoms with Gasteiger partial charge in [0.05, 0.1) is 21.8 Å². The van der Waals surface area contributed by atoms with Crippen LogP contribution in [0.15, 0.2) is 51.6 Å². The highest BCUT2D eigenvalue weighted by Gasteiger charge is 2.32. The summed E-state index contributed by atoms with van der Waals surface area (Å²) < 4.78 is 80.7. The number of nitriles is 1. The number of pyridine rings is 1. The normalized spacial score (nSPS) is 12.3. The Morgan fingerprint density at radius 1 is 1.09 bits per heavy atom. The Morgan fingerprint density at radius 3 is 2.44 bits per heavy atom. The van der Waals surface area contributed by atoms with Crippen molar-refractivity contribution in [3.63, 3.8) is 0 Å². The molecule has 0 spiro atoms. The molecule has 0 aliphatic rings. The van der Waals surface area contributed by atoms with Crippen LogP contribution in [-0.2, 0) is 18.8 Å². The van der Waals surface area contributed by atoms with Crippen molar-refractivity contribution in [3.8, 4) is 6.07 Å². The lowest BCUT2D eigenvalue weighted by atomic mass is 10.2. The Hall–Kier alpha value is -2.62. The number of alkyl halides is 6. The fraction of sp³-hybridized carbons (Fsp3) is 0.158. The lowest BCUT2D eigenvalue weighted by molar-refractivity contribution is -0.138. The molecule has 0 aliphatic carbocycles. The summed E-state index contributed by atoms with van der Waals surface area (Å²) in [6.07, 6.45) is -6.98. The zero-order valence-electron chi connectivity index (χ0n) is 15.5. The molecule has 0 radical (unpaired) electrons. The van der Waals surface area contributed by atoms with Crippen molar-refractivity contribution in [1.82, 2.24) is 9.36 Å². The van der Waals surface area contributed by atoms with Crippen LogP contribution in [0.4, 0.5) is 32.0 Å². The summed E-state index contributed by atoms with van der Waals surface area (Å²) in [5.74, 6) is 0. The predicted octanol–water partition coefficient (Wildman–Crippen LogP) is 7.20. The molecule has 0 bridgehead atoms. The SMILES string of the molecule is N#Cc1c(Sc2ncc(C(F)(F)F)cc2Cl)nsc1CC=Nc1cccc(C(F)(F)F)c1. The van der Waals surface area contributed by atoms with Crippen LogP contribution >= 0.6 is 34.9 Å². The Kier molecular flexibility index (Phi) is 7.12. The van der Waals surface area contributed by atoms with Crippen LogP contribution < -0.4 is 0 Å². The van der Waals surface area contributed by atoms with Gasteiger partial charge in [0.2, 0.25) is 0 Å². The van der Waals surface area contributed by atoms with Gasteiger partial charge in [-0.2, -0.15) is 36.0 Å². The minimum atomic E-state index is -4.59. The summed E-state index contributed by atoms with van der Waals surface area (Å²) in [4.78, 5) is 8.17. The topological polar surface area (TPSA) is 61.9 Å². The van der Waals surface area contributed by atoms with Crippen LogP contribution in [0.2, 0.25) is 5.02 Å². The minimum absolute atomic E-state index is 0.0469. The maximum absolute atomic E-state index is 12.8. The number of rotatable bonds is 5. The molecule has 3 aromatic rings. The van der Waals surface area contributed by atoms with Gasteiger partial charge in [0.1, 0.15) is 21.7 Å². The molecule has 1 aromatic carbocycles. The lowest BCUT2D eigenvalue weighted by Gasteiger charge is -2.08. The van der Waals surface area contributed by atoms with E-state index in [2.05, 4.69) is 14.3 Å². The molecule has 0 atom stereocenters. The van der Waals surface area contributed by atoms with Crippen LogP contribution in [0.1, 0.15) is 21.6 Å². The van der Waals surface area contributed by atoms with Crippen LogP contribution in [0.25, 0.3) is 0 Å². The molecule has 32 heavy (non-hydrogen) atoms. The van der Waals surface area contributed by atoms with Gasteiger partial charge in [-0.05, 0) is 47.6 Å². The largest absolute Gasteiger partial charge is 0.417 e. The molecule has 2 aromatic heterocycles. The molecule has 0 fully saturated rings. The zero-order chi connectivity index (χ0) is 23.5. The maximum atomic E-state index is 12.8. The first kappa shape index (κ1) is 24.0. The van der Waals surface area contributed by atoms with E-state index in [9.17, 15) is 31.6 Å². The van der Waals surface area contributed by atoms with Crippen LogP contribution in [-0.4, -0.2) is 15.6 Å². The molecule has 2 heterocycles. The maximum Gasteiger partial charge on any atom is 0.417 e. The number of hydrogen-bond acceptors (Lipinski definition) is 6. The Labute approximate surface area is 190 Å². The summed E-state index contributed by atoms with van der Waals surface area (Å²) in [7, 11) is 0. The highest BCUT2D eigenvalue weighted by atomic mass is 35.5. The van der Waals surface area contributed by atoms with Gasteiger partial charge >= 0.3 is 12.4 Å². The third-order valence-corrected chi connectivity index (χ3v) is 6.25. The van der Waals surface area contributed by atoms with Crippen molar-refractivity contribution >= 4 is 46.8 Å². The quantitative estimate of drug-likeness (QED) is 0.271. The number of hydrogen-bond donors (Lipinski definition) is 0. The van der Waals surface area contributed by atoms with Crippen molar-refractivity contribution in [1.29, 1.82) is 5.26 Å².